The Labute approximate surface area is 97.0 Å². The molecule has 0 saturated heterocycles. The van der Waals surface area contributed by atoms with Crippen molar-refractivity contribution in [3.8, 4) is 0 Å². The van der Waals surface area contributed by atoms with Gasteiger partial charge in [0.25, 0.3) is 0 Å². The molecule has 2 heterocycles. The summed E-state index contributed by atoms with van der Waals surface area (Å²) in [6.45, 7) is 0. The summed E-state index contributed by atoms with van der Waals surface area (Å²) in [4.78, 5) is 26.0. The minimum atomic E-state index is -2.15. The average molecular weight is 326 g/mol. The molecule has 0 radical (unpaired) electrons. The molecule has 0 fully saturated rings. The Bertz CT molecular complexity index is 557. The van der Waals surface area contributed by atoms with Crippen LogP contribution in [0.3, 0.4) is 0 Å². The third kappa shape index (κ3) is 1.91. The van der Waals surface area contributed by atoms with Crippen LogP contribution in [0.4, 0.5) is 4.79 Å². The van der Waals surface area contributed by atoms with Crippen LogP contribution in [0.25, 0.3) is 11.2 Å². The van der Waals surface area contributed by atoms with Gasteiger partial charge in [0.15, 0.2) is 0 Å². The number of fused-ring (bicyclic) bond motifs is 1. The number of imidazole rings is 1. The number of aromatic nitrogens is 3. The second-order valence-corrected chi connectivity index (χ2v) is 19.2. The van der Waals surface area contributed by atoms with Crippen LogP contribution < -0.4 is 3.58 Å². The molecule has 0 aromatic carbocycles. The summed E-state index contributed by atoms with van der Waals surface area (Å²) in [5.74, 6) is 0. The predicted molar refractivity (Wildman–Crippen MR) is 63.9 cm³/mol. The minimum absolute atomic E-state index is 0.409. The van der Waals surface area contributed by atoms with Gasteiger partial charge in [-0.05, 0) is 0 Å². The van der Waals surface area contributed by atoms with E-state index in [1.807, 2.05) is 6.07 Å². The predicted octanol–water partition coefficient (Wildman–Crippen LogP) is 1.50. The zero-order valence-electron chi connectivity index (χ0n) is 9.43. The van der Waals surface area contributed by atoms with Gasteiger partial charge >= 0.3 is 97.1 Å². The number of carbonyl (C=O) groups is 1. The number of rotatable bonds is 1. The molecular weight excluding hydrogens is 313 g/mol. The second kappa shape index (κ2) is 3.72. The van der Waals surface area contributed by atoms with Crippen molar-refractivity contribution in [3.63, 3.8) is 0 Å². The fraction of sp³-hybridized carbons (Fsp3) is 0.300. The number of nitrogens with zero attached hydrogens (tertiary/aromatic N) is 3. The Morgan fingerprint density at radius 3 is 2.62 bits per heavy atom. The molecule has 5 nitrogen and oxygen atoms in total. The Balaban J connectivity index is 2.62. The van der Waals surface area contributed by atoms with Gasteiger partial charge in [0.1, 0.15) is 0 Å². The molecule has 1 N–H and O–H groups in total. The van der Waals surface area contributed by atoms with E-state index in [1.54, 1.807) is 6.20 Å². The van der Waals surface area contributed by atoms with Gasteiger partial charge in [0.05, 0.1) is 0 Å². The Kier molecular flexibility index (Phi) is 2.65. The van der Waals surface area contributed by atoms with Gasteiger partial charge in [-0.1, -0.05) is 0 Å². The summed E-state index contributed by atoms with van der Waals surface area (Å²) in [6, 6.07) is 1.97. The van der Waals surface area contributed by atoms with Crippen LogP contribution >= 0.6 is 0 Å². The van der Waals surface area contributed by atoms with Gasteiger partial charge < -0.3 is 0 Å². The van der Waals surface area contributed by atoms with Crippen molar-refractivity contribution in [3.05, 3.63) is 18.6 Å². The standard InChI is InChI=1S/C7H4N3O2.3CH3.Sn/c11-7(12)10-4-9-5-2-1-3-8-6(5)10;;;;/h2-4H,(H,11,12);3*1H3;. The van der Waals surface area contributed by atoms with Crippen LogP contribution in [0, 0.1) is 0 Å². The summed E-state index contributed by atoms with van der Waals surface area (Å²) in [7, 11) is 0. The number of hydrogen-bond donors (Lipinski definition) is 1. The van der Waals surface area contributed by atoms with Crippen molar-refractivity contribution in [2.45, 2.75) is 14.8 Å². The molecule has 0 saturated carbocycles. The summed E-state index contributed by atoms with van der Waals surface area (Å²) < 4.78 is 2.29. The molecule has 2 aromatic heterocycles. The quantitative estimate of drug-likeness (QED) is 0.807. The van der Waals surface area contributed by atoms with Crippen molar-refractivity contribution in [2.24, 2.45) is 0 Å². The average Bonchev–Trinajstić information content (AvgIpc) is 2.58. The van der Waals surface area contributed by atoms with E-state index in [0.29, 0.717) is 11.2 Å². The van der Waals surface area contributed by atoms with Gasteiger partial charge in [-0.3, -0.25) is 0 Å². The van der Waals surface area contributed by atoms with E-state index in [-0.39, 0.29) is 0 Å². The van der Waals surface area contributed by atoms with Crippen molar-refractivity contribution in [2.75, 3.05) is 0 Å². The topological polar surface area (TPSA) is 68.0 Å². The van der Waals surface area contributed by atoms with Crippen molar-refractivity contribution >= 4 is 39.2 Å². The Morgan fingerprint density at radius 2 is 2.06 bits per heavy atom. The molecular formula is C10H13N3O2Sn. The molecule has 0 aliphatic rings. The first-order chi connectivity index (χ1) is 7.39. The van der Waals surface area contributed by atoms with Crippen LogP contribution in [-0.4, -0.2) is 44.1 Å². The molecule has 0 bridgehead atoms. The van der Waals surface area contributed by atoms with E-state index in [0.717, 1.165) is 4.57 Å². The fourth-order valence-corrected chi connectivity index (χ4v) is 4.37. The first-order valence-corrected chi connectivity index (χ1v) is 15.0. The summed E-state index contributed by atoms with van der Waals surface area (Å²) in [5, 5.41) is 8.90. The van der Waals surface area contributed by atoms with E-state index >= 15 is 0 Å². The summed E-state index contributed by atoms with van der Waals surface area (Å²) in [5.41, 5.74) is 1.07. The van der Waals surface area contributed by atoms with Gasteiger partial charge in [-0.2, -0.15) is 0 Å². The van der Waals surface area contributed by atoms with Crippen molar-refractivity contribution in [1.82, 2.24) is 14.5 Å². The van der Waals surface area contributed by atoms with E-state index in [9.17, 15) is 4.79 Å². The van der Waals surface area contributed by atoms with Gasteiger partial charge in [-0.15, -0.1) is 0 Å². The zero-order chi connectivity index (χ0) is 11.9. The van der Waals surface area contributed by atoms with Crippen LogP contribution in [0.5, 0.6) is 0 Å². The number of hydrogen-bond acceptors (Lipinski definition) is 3. The normalized spacial score (nSPS) is 11.9. The SMILES string of the molecule is [CH3][Sn]([CH3])([CH3])[c]1cnc2c(c1)ncn2C(=O)O. The van der Waals surface area contributed by atoms with Crippen LogP contribution in [0.1, 0.15) is 0 Å². The number of pyridine rings is 1. The summed E-state index contributed by atoms with van der Waals surface area (Å²) in [6.07, 6.45) is 2.03. The first kappa shape index (κ1) is 11.4. The summed E-state index contributed by atoms with van der Waals surface area (Å²) >= 11 is -2.15. The monoisotopic (exact) mass is 327 g/mol. The Morgan fingerprint density at radius 1 is 1.38 bits per heavy atom. The molecule has 6 heteroatoms. The van der Waals surface area contributed by atoms with Gasteiger partial charge in [0.2, 0.25) is 0 Å². The molecule has 16 heavy (non-hydrogen) atoms. The third-order valence-corrected chi connectivity index (χ3v) is 8.18. The Hall–Kier alpha value is -1.11. The molecule has 2 aromatic rings. The van der Waals surface area contributed by atoms with Crippen LogP contribution in [-0.2, 0) is 0 Å². The van der Waals surface area contributed by atoms with Crippen molar-refractivity contribution in [1.29, 1.82) is 0 Å². The van der Waals surface area contributed by atoms with E-state index in [1.165, 1.54) is 9.91 Å². The van der Waals surface area contributed by atoms with Gasteiger partial charge in [0, 0.05) is 0 Å². The molecule has 0 atom stereocenters. The van der Waals surface area contributed by atoms with Crippen LogP contribution in [0.15, 0.2) is 18.6 Å². The molecule has 0 spiro atoms. The van der Waals surface area contributed by atoms with Gasteiger partial charge in [-0.25, -0.2) is 0 Å². The van der Waals surface area contributed by atoms with Crippen molar-refractivity contribution < 1.29 is 9.90 Å². The molecule has 0 amide bonds. The molecule has 84 valence electrons. The van der Waals surface area contributed by atoms with E-state index in [2.05, 4.69) is 24.8 Å². The molecule has 0 aliphatic carbocycles. The van der Waals surface area contributed by atoms with E-state index < -0.39 is 24.5 Å². The maximum absolute atomic E-state index is 10.9. The zero-order valence-corrected chi connectivity index (χ0v) is 12.3. The molecule has 0 unspecified atom stereocenters. The first-order valence-electron chi connectivity index (χ1n) is 4.96. The third-order valence-electron chi connectivity index (χ3n) is 2.46. The number of carboxylic acid groups (broad SMARTS) is 1. The molecule has 0 aliphatic heterocycles. The maximum atomic E-state index is 10.9. The van der Waals surface area contributed by atoms with E-state index in [4.69, 9.17) is 5.11 Å². The fourth-order valence-electron chi connectivity index (χ4n) is 1.45. The second-order valence-electron chi connectivity index (χ2n) is 4.71. The van der Waals surface area contributed by atoms with Crippen LogP contribution in [0.2, 0.25) is 14.8 Å². The molecule has 2 rings (SSSR count).